The lowest BCUT2D eigenvalue weighted by molar-refractivity contribution is -0.229. The standard InChI is InChI=1S/C13H25NO7/c1-4-20-12(18)9(16)5-8(15)6-11(10(17)7-14)21-13(2,3)19/h8,10-11,15,17,19H,4-7,14H2,1-3H3/t8?,10-,11+/m1/s1. The van der Waals surface area contributed by atoms with Gasteiger partial charge in [0.25, 0.3) is 0 Å². The van der Waals surface area contributed by atoms with Gasteiger partial charge in [-0.15, -0.1) is 0 Å². The number of nitrogens with two attached hydrogens (primary N) is 1. The SMILES string of the molecule is CCOC(=O)C(=O)CC(O)C[C@H](OC(C)(C)O)[C@H](O)CN. The van der Waals surface area contributed by atoms with Crippen LogP contribution in [0.1, 0.15) is 33.6 Å². The minimum absolute atomic E-state index is 0.0665. The summed E-state index contributed by atoms with van der Waals surface area (Å²) in [4.78, 5) is 22.6. The Labute approximate surface area is 123 Å². The lowest BCUT2D eigenvalue weighted by Gasteiger charge is -2.30. The second-order valence-electron chi connectivity index (χ2n) is 5.14. The van der Waals surface area contributed by atoms with Crippen molar-refractivity contribution in [2.45, 2.75) is 57.7 Å². The molecular formula is C13H25NO7. The number of hydrogen-bond donors (Lipinski definition) is 4. The Bertz CT molecular complexity index is 340. The topological polar surface area (TPSA) is 139 Å². The van der Waals surface area contributed by atoms with Crippen LogP contribution in [0.25, 0.3) is 0 Å². The number of ether oxygens (including phenoxy) is 2. The lowest BCUT2D eigenvalue weighted by atomic mass is 10.0. The van der Waals surface area contributed by atoms with Crippen LogP contribution in [0.4, 0.5) is 0 Å². The molecule has 0 aromatic rings. The third-order valence-corrected chi connectivity index (χ3v) is 2.54. The molecule has 0 fully saturated rings. The molecule has 1 unspecified atom stereocenters. The molecule has 0 amide bonds. The van der Waals surface area contributed by atoms with Crippen molar-refractivity contribution >= 4 is 11.8 Å². The molecule has 124 valence electrons. The number of aliphatic hydroxyl groups is 3. The van der Waals surface area contributed by atoms with Gasteiger partial charge < -0.3 is 30.5 Å². The third kappa shape index (κ3) is 8.74. The van der Waals surface area contributed by atoms with Gasteiger partial charge in [0.15, 0.2) is 5.79 Å². The summed E-state index contributed by atoms with van der Waals surface area (Å²) in [5.74, 6) is -3.42. The molecule has 3 atom stereocenters. The number of hydrogen-bond acceptors (Lipinski definition) is 8. The van der Waals surface area contributed by atoms with Gasteiger partial charge in [-0.05, 0) is 20.8 Å². The number of ketones is 1. The van der Waals surface area contributed by atoms with Gasteiger partial charge in [0, 0.05) is 19.4 Å². The van der Waals surface area contributed by atoms with E-state index in [2.05, 4.69) is 4.74 Å². The first-order chi connectivity index (χ1) is 9.60. The van der Waals surface area contributed by atoms with Crippen LogP contribution in [0.15, 0.2) is 0 Å². The summed E-state index contributed by atoms with van der Waals surface area (Å²) in [6, 6.07) is 0. The number of carbonyl (C=O) groups excluding carboxylic acids is 2. The normalized spacial score (nSPS) is 16.1. The van der Waals surface area contributed by atoms with Crippen molar-refractivity contribution in [3.05, 3.63) is 0 Å². The van der Waals surface area contributed by atoms with Crippen molar-refractivity contribution in [2.24, 2.45) is 5.73 Å². The van der Waals surface area contributed by atoms with Crippen molar-refractivity contribution in [1.29, 1.82) is 0 Å². The quantitative estimate of drug-likeness (QED) is 0.222. The van der Waals surface area contributed by atoms with Gasteiger partial charge in [-0.3, -0.25) is 4.79 Å². The molecule has 21 heavy (non-hydrogen) atoms. The Morgan fingerprint density at radius 3 is 2.29 bits per heavy atom. The number of rotatable bonds is 10. The second-order valence-corrected chi connectivity index (χ2v) is 5.14. The third-order valence-electron chi connectivity index (χ3n) is 2.54. The number of esters is 1. The average molecular weight is 307 g/mol. The largest absolute Gasteiger partial charge is 0.460 e. The summed E-state index contributed by atoms with van der Waals surface area (Å²) in [5, 5.41) is 29.1. The van der Waals surface area contributed by atoms with Crippen molar-refractivity contribution in [1.82, 2.24) is 0 Å². The summed E-state index contributed by atoms with van der Waals surface area (Å²) in [6.07, 6.45) is -3.94. The smallest absolute Gasteiger partial charge is 0.374 e. The zero-order valence-electron chi connectivity index (χ0n) is 12.6. The predicted octanol–water partition coefficient (Wildman–Crippen LogP) is -1.31. The second kappa shape index (κ2) is 9.06. The minimum Gasteiger partial charge on any atom is -0.460 e. The number of aliphatic hydroxyl groups excluding tert-OH is 2. The van der Waals surface area contributed by atoms with E-state index in [1.165, 1.54) is 13.8 Å². The van der Waals surface area contributed by atoms with Crippen molar-refractivity contribution < 1.29 is 34.4 Å². The average Bonchev–Trinajstić information content (AvgIpc) is 2.35. The Kier molecular flexibility index (Phi) is 8.60. The summed E-state index contributed by atoms with van der Waals surface area (Å²) in [6.45, 7) is 4.21. The van der Waals surface area contributed by atoms with E-state index in [0.717, 1.165) is 0 Å². The van der Waals surface area contributed by atoms with Gasteiger partial charge in [-0.25, -0.2) is 4.79 Å². The van der Waals surface area contributed by atoms with Crippen molar-refractivity contribution in [3.8, 4) is 0 Å². The number of Topliss-reactive ketones (excluding diaryl/α,β-unsaturated/α-hetero) is 1. The highest BCUT2D eigenvalue weighted by Crippen LogP contribution is 2.17. The zero-order valence-corrected chi connectivity index (χ0v) is 12.6. The van der Waals surface area contributed by atoms with E-state index in [-0.39, 0.29) is 19.6 Å². The van der Waals surface area contributed by atoms with Gasteiger partial charge in [-0.1, -0.05) is 0 Å². The van der Waals surface area contributed by atoms with Gasteiger partial charge in [0.2, 0.25) is 5.78 Å². The lowest BCUT2D eigenvalue weighted by Crippen LogP contribution is -2.43. The molecule has 0 rings (SSSR count). The Morgan fingerprint density at radius 1 is 1.29 bits per heavy atom. The zero-order chi connectivity index (χ0) is 16.6. The van der Waals surface area contributed by atoms with Crippen molar-refractivity contribution in [3.63, 3.8) is 0 Å². The molecule has 0 radical (unpaired) electrons. The molecule has 0 aromatic heterocycles. The van der Waals surface area contributed by atoms with Crippen LogP contribution in [-0.2, 0) is 19.1 Å². The van der Waals surface area contributed by atoms with E-state index in [9.17, 15) is 24.9 Å². The van der Waals surface area contributed by atoms with E-state index in [1.807, 2.05) is 0 Å². The Balaban J connectivity index is 4.56. The molecule has 0 bridgehead atoms. The molecule has 8 nitrogen and oxygen atoms in total. The van der Waals surface area contributed by atoms with E-state index in [0.29, 0.717) is 0 Å². The van der Waals surface area contributed by atoms with Gasteiger partial charge in [0.05, 0.1) is 24.9 Å². The van der Waals surface area contributed by atoms with Crippen LogP contribution in [0.3, 0.4) is 0 Å². The van der Waals surface area contributed by atoms with Gasteiger partial charge >= 0.3 is 5.97 Å². The Morgan fingerprint density at radius 2 is 1.86 bits per heavy atom. The first-order valence-electron chi connectivity index (χ1n) is 6.77. The molecule has 0 spiro atoms. The fraction of sp³-hybridized carbons (Fsp3) is 0.846. The van der Waals surface area contributed by atoms with Gasteiger partial charge in [-0.2, -0.15) is 0 Å². The van der Waals surface area contributed by atoms with Crippen LogP contribution in [0, 0.1) is 0 Å². The highest BCUT2D eigenvalue weighted by atomic mass is 16.6. The molecule has 0 aliphatic rings. The van der Waals surface area contributed by atoms with E-state index >= 15 is 0 Å². The predicted molar refractivity (Wildman–Crippen MR) is 73.1 cm³/mol. The van der Waals surface area contributed by atoms with Crippen molar-refractivity contribution in [2.75, 3.05) is 13.2 Å². The Hall–Kier alpha value is -1.06. The maximum atomic E-state index is 11.4. The molecule has 0 heterocycles. The van der Waals surface area contributed by atoms with Crippen LogP contribution in [0.2, 0.25) is 0 Å². The monoisotopic (exact) mass is 307 g/mol. The highest BCUT2D eigenvalue weighted by molar-refractivity contribution is 6.33. The fourth-order valence-electron chi connectivity index (χ4n) is 1.67. The summed E-state index contributed by atoms with van der Waals surface area (Å²) >= 11 is 0. The van der Waals surface area contributed by atoms with Crippen LogP contribution in [0.5, 0.6) is 0 Å². The maximum absolute atomic E-state index is 11.4. The van der Waals surface area contributed by atoms with Crippen LogP contribution < -0.4 is 5.73 Å². The molecule has 8 heteroatoms. The van der Waals surface area contributed by atoms with Crippen LogP contribution in [-0.4, -0.2) is 64.3 Å². The van der Waals surface area contributed by atoms with E-state index < -0.39 is 42.3 Å². The fourth-order valence-corrected chi connectivity index (χ4v) is 1.67. The van der Waals surface area contributed by atoms with Crippen LogP contribution >= 0.6 is 0 Å². The van der Waals surface area contributed by atoms with E-state index in [1.54, 1.807) is 6.92 Å². The summed E-state index contributed by atoms with van der Waals surface area (Å²) in [7, 11) is 0. The van der Waals surface area contributed by atoms with Gasteiger partial charge in [0.1, 0.15) is 0 Å². The molecule has 0 saturated heterocycles. The van der Waals surface area contributed by atoms with E-state index in [4.69, 9.17) is 10.5 Å². The molecule has 0 aromatic carbocycles. The molecule has 5 N–H and O–H groups in total. The number of carbonyl (C=O) groups is 2. The molecule has 0 aliphatic carbocycles. The molecule has 0 aliphatic heterocycles. The summed E-state index contributed by atoms with van der Waals surface area (Å²) in [5.41, 5.74) is 5.32. The highest BCUT2D eigenvalue weighted by Gasteiger charge is 2.30. The first kappa shape index (κ1) is 19.9. The summed E-state index contributed by atoms with van der Waals surface area (Å²) < 4.78 is 9.71. The first-order valence-corrected chi connectivity index (χ1v) is 6.77. The maximum Gasteiger partial charge on any atom is 0.374 e. The molecule has 0 saturated carbocycles. The minimum atomic E-state index is -1.54. The molecular weight excluding hydrogens is 282 g/mol.